The van der Waals surface area contributed by atoms with E-state index in [0.29, 0.717) is 35.6 Å². The van der Waals surface area contributed by atoms with Crippen LogP contribution in [0.4, 0.5) is 11.9 Å². The van der Waals surface area contributed by atoms with Crippen LogP contribution in [-0.2, 0) is 6.54 Å². The molecule has 1 aliphatic carbocycles. The van der Waals surface area contributed by atoms with Crippen molar-refractivity contribution >= 4 is 30.9 Å². The van der Waals surface area contributed by atoms with E-state index in [1.807, 2.05) is 25.2 Å². The Hall–Kier alpha value is -3.46. The number of hydrogen-bond donors (Lipinski definition) is 3. The molecule has 2 radical (unpaired) electrons. The number of nitrogens with zero attached hydrogens (tertiary/aromatic N) is 5. The predicted octanol–water partition coefficient (Wildman–Crippen LogP) is 2.53. The number of anilines is 2. The summed E-state index contributed by atoms with van der Waals surface area (Å²) in [6.07, 6.45) is 8.08. The fourth-order valence-corrected chi connectivity index (χ4v) is 4.40. The maximum Gasteiger partial charge on any atom is 0.229 e. The molecule has 3 N–H and O–H groups in total. The number of rotatable bonds is 7. The predicted molar refractivity (Wildman–Crippen MR) is 132 cm³/mol. The molecular weight excluding hydrogens is 411 g/mol. The van der Waals surface area contributed by atoms with Gasteiger partial charge in [0.25, 0.3) is 0 Å². The van der Waals surface area contributed by atoms with E-state index < -0.39 is 0 Å². The van der Waals surface area contributed by atoms with Crippen molar-refractivity contribution in [3.63, 3.8) is 0 Å². The van der Waals surface area contributed by atoms with Gasteiger partial charge in [-0.3, -0.25) is 4.98 Å². The van der Waals surface area contributed by atoms with Gasteiger partial charge in [-0.25, -0.2) is 0 Å². The van der Waals surface area contributed by atoms with Crippen LogP contribution in [0.3, 0.4) is 0 Å². The quantitative estimate of drug-likeness (QED) is 0.382. The Bertz CT molecular complexity index is 1210. The Balaban J connectivity index is 1.35. The van der Waals surface area contributed by atoms with Crippen molar-refractivity contribution in [1.29, 1.82) is 0 Å². The summed E-state index contributed by atoms with van der Waals surface area (Å²) in [7, 11) is 8.14. The second kappa shape index (κ2) is 9.58. The molecule has 8 nitrogen and oxygen atoms in total. The van der Waals surface area contributed by atoms with E-state index in [1.165, 1.54) is 12.8 Å². The summed E-state index contributed by atoms with van der Waals surface area (Å²) in [6.45, 7) is 0.594. The highest BCUT2D eigenvalue weighted by atomic mass is 15.4. The number of nitrogens with one attached hydrogen (secondary N) is 3. The van der Waals surface area contributed by atoms with Crippen molar-refractivity contribution < 1.29 is 0 Å². The minimum absolute atomic E-state index is 0.280. The first-order valence-corrected chi connectivity index (χ1v) is 11.4. The summed E-state index contributed by atoms with van der Waals surface area (Å²) >= 11 is 0. The van der Waals surface area contributed by atoms with Gasteiger partial charge in [0.1, 0.15) is 7.85 Å². The number of hydrogen-bond acceptors (Lipinski definition) is 7. The lowest BCUT2D eigenvalue weighted by Crippen LogP contribution is -2.45. The van der Waals surface area contributed by atoms with E-state index in [9.17, 15) is 0 Å². The van der Waals surface area contributed by atoms with Crippen LogP contribution in [-0.4, -0.2) is 51.5 Å². The summed E-state index contributed by atoms with van der Waals surface area (Å²) in [4.78, 5) is 13.8. The molecule has 0 aliphatic heterocycles. The molecule has 1 aliphatic rings. The second-order valence-electron chi connectivity index (χ2n) is 8.40. The highest BCUT2D eigenvalue weighted by Gasteiger charge is 2.24. The van der Waals surface area contributed by atoms with Crippen LogP contribution < -0.4 is 21.4 Å². The number of fused-ring (bicyclic) bond motifs is 1. The van der Waals surface area contributed by atoms with Gasteiger partial charge < -0.3 is 16.0 Å². The highest BCUT2D eigenvalue weighted by Crippen LogP contribution is 2.22. The Labute approximate surface area is 194 Å². The van der Waals surface area contributed by atoms with Gasteiger partial charge in [0.05, 0.1) is 5.69 Å². The molecule has 2 unspecified atom stereocenters. The SMILES string of the molecule is [B]c1cnn2c(NCc3ccc(-c4ccccn4)cc3)nc(NC3CCCCC3NC)nc12. The van der Waals surface area contributed by atoms with Crippen molar-refractivity contribution in [2.45, 2.75) is 44.3 Å². The summed E-state index contributed by atoms with van der Waals surface area (Å²) in [5.41, 5.74) is 4.29. The number of pyridine rings is 1. The molecule has 1 aromatic carbocycles. The fourth-order valence-electron chi connectivity index (χ4n) is 4.40. The molecule has 0 amide bonds. The average Bonchev–Trinajstić information content (AvgIpc) is 3.24. The van der Waals surface area contributed by atoms with Gasteiger partial charge >= 0.3 is 0 Å². The van der Waals surface area contributed by atoms with E-state index in [0.717, 1.165) is 29.7 Å². The minimum atomic E-state index is 0.280. The van der Waals surface area contributed by atoms with Crippen LogP contribution >= 0.6 is 0 Å². The number of likely N-dealkylation sites (N-methyl/N-ethyl adjacent to an activating group) is 1. The molecule has 5 rings (SSSR count). The summed E-state index contributed by atoms with van der Waals surface area (Å²) in [5.74, 6) is 1.17. The van der Waals surface area contributed by atoms with Crippen molar-refractivity contribution in [3.8, 4) is 11.3 Å². The summed E-state index contributed by atoms with van der Waals surface area (Å²) in [5, 5.41) is 14.7. The molecular formula is C24H27BN8. The molecule has 0 bridgehead atoms. The van der Waals surface area contributed by atoms with E-state index in [1.54, 1.807) is 16.9 Å². The van der Waals surface area contributed by atoms with Crippen LogP contribution in [0.15, 0.2) is 54.9 Å². The molecule has 33 heavy (non-hydrogen) atoms. The zero-order chi connectivity index (χ0) is 22.6. The lowest BCUT2D eigenvalue weighted by atomic mass is 9.90. The van der Waals surface area contributed by atoms with Gasteiger partial charge in [-0.2, -0.15) is 19.6 Å². The second-order valence-corrected chi connectivity index (χ2v) is 8.40. The Morgan fingerprint density at radius 3 is 2.61 bits per heavy atom. The first-order valence-electron chi connectivity index (χ1n) is 11.4. The van der Waals surface area contributed by atoms with Gasteiger partial charge in [0.2, 0.25) is 11.9 Å². The van der Waals surface area contributed by atoms with E-state index in [4.69, 9.17) is 12.8 Å². The molecule has 166 valence electrons. The van der Waals surface area contributed by atoms with Crippen LogP contribution in [0, 0.1) is 0 Å². The highest BCUT2D eigenvalue weighted by molar-refractivity contribution is 6.36. The van der Waals surface area contributed by atoms with Gasteiger partial charge in [0.15, 0.2) is 5.65 Å². The Morgan fingerprint density at radius 2 is 1.85 bits per heavy atom. The normalized spacial score (nSPS) is 18.3. The van der Waals surface area contributed by atoms with Gasteiger partial charge in [-0.1, -0.05) is 43.2 Å². The standard InChI is InChI=1S/C24H27BN8/c1-26-20-7-2-3-8-21(20)30-23-31-22-18(25)15-29-33(22)24(32-23)28-14-16-9-11-17(12-10-16)19-6-4-5-13-27-19/h4-6,9-13,15,20-21,26H,2-3,7-8,14H2,1H3,(H2,28,30,31,32). The summed E-state index contributed by atoms with van der Waals surface area (Å²) < 4.78 is 1.65. The van der Waals surface area contributed by atoms with Crippen LogP contribution in [0.5, 0.6) is 0 Å². The van der Waals surface area contributed by atoms with Crippen LogP contribution in [0.1, 0.15) is 31.2 Å². The van der Waals surface area contributed by atoms with Crippen LogP contribution in [0.25, 0.3) is 16.9 Å². The zero-order valence-corrected chi connectivity index (χ0v) is 18.7. The molecule has 4 aromatic rings. The first kappa shape index (κ1) is 21.4. The third-order valence-electron chi connectivity index (χ3n) is 6.21. The third kappa shape index (κ3) is 4.68. The topological polar surface area (TPSA) is 92.1 Å². The maximum atomic E-state index is 6.13. The Kier molecular flexibility index (Phi) is 6.21. The van der Waals surface area contributed by atoms with Gasteiger partial charge in [-0.15, -0.1) is 0 Å². The van der Waals surface area contributed by atoms with Crippen molar-refractivity contribution in [1.82, 2.24) is 29.9 Å². The Morgan fingerprint density at radius 1 is 1.03 bits per heavy atom. The molecule has 1 saturated carbocycles. The molecule has 2 atom stereocenters. The molecule has 3 heterocycles. The van der Waals surface area contributed by atoms with E-state index in [2.05, 4.69) is 55.3 Å². The molecule has 1 fully saturated rings. The first-order chi connectivity index (χ1) is 16.2. The van der Waals surface area contributed by atoms with Crippen molar-refractivity contribution in [2.75, 3.05) is 17.7 Å². The van der Waals surface area contributed by atoms with Gasteiger partial charge in [0, 0.05) is 36.6 Å². The van der Waals surface area contributed by atoms with Crippen molar-refractivity contribution in [2.24, 2.45) is 0 Å². The lowest BCUT2D eigenvalue weighted by molar-refractivity contribution is 0.360. The third-order valence-corrected chi connectivity index (χ3v) is 6.21. The van der Waals surface area contributed by atoms with Crippen molar-refractivity contribution in [3.05, 3.63) is 60.4 Å². The zero-order valence-electron chi connectivity index (χ0n) is 18.7. The fraction of sp³-hybridized carbons (Fsp3) is 0.333. The van der Waals surface area contributed by atoms with Crippen LogP contribution in [0.2, 0.25) is 0 Å². The maximum absolute atomic E-state index is 6.13. The molecule has 0 spiro atoms. The van der Waals surface area contributed by atoms with Gasteiger partial charge in [-0.05, 0) is 43.0 Å². The summed E-state index contributed by atoms with van der Waals surface area (Å²) in [6, 6.07) is 14.9. The molecule has 0 saturated heterocycles. The average molecular weight is 438 g/mol. The van der Waals surface area contributed by atoms with E-state index >= 15 is 0 Å². The monoisotopic (exact) mass is 438 g/mol. The number of benzene rings is 1. The molecule has 9 heteroatoms. The smallest absolute Gasteiger partial charge is 0.229 e. The minimum Gasteiger partial charge on any atom is -0.350 e. The number of aromatic nitrogens is 5. The largest absolute Gasteiger partial charge is 0.350 e. The molecule has 3 aromatic heterocycles. The lowest BCUT2D eigenvalue weighted by Gasteiger charge is -2.32. The van der Waals surface area contributed by atoms with E-state index in [-0.39, 0.29) is 6.04 Å².